The molecule has 1 aliphatic rings. The van der Waals surface area contributed by atoms with Crippen LogP contribution in [-0.4, -0.2) is 19.2 Å². The standard InChI is InChI=1S/C16H25NO/c1-3-11-17-16-10-6-9-15(16)13-7-5-8-14(12-13)18-4-2/h5,7-8,12,15-17H,3-4,6,9-11H2,1-2H3. The second kappa shape index (κ2) is 6.79. The summed E-state index contributed by atoms with van der Waals surface area (Å²) in [7, 11) is 0. The normalized spacial score (nSPS) is 23.2. The van der Waals surface area contributed by atoms with Gasteiger partial charge in [0.15, 0.2) is 0 Å². The molecular weight excluding hydrogens is 222 g/mol. The molecule has 2 rings (SSSR count). The van der Waals surface area contributed by atoms with E-state index in [2.05, 4.69) is 36.5 Å². The molecule has 100 valence electrons. The fourth-order valence-electron chi connectivity index (χ4n) is 2.93. The molecule has 1 saturated carbocycles. The number of nitrogens with one attached hydrogen (secondary N) is 1. The van der Waals surface area contributed by atoms with Crippen molar-refractivity contribution in [2.24, 2.45) is 0 Å². The molecule has 0 spiro atoms. The van der Waals surface area contributed by atoms with E-state index in [1.807, 2.05) is 6.92 Å². The summed E-state index contributed by atoms with van der Waals surface area (Å²) in [6.45, 7) is 6.14. The lowest BCUT2D eigenvalue weighted by atomic mass is 9.94. The molecular formula is C16H25NO. The molecule has 0 amide bonds. The molecule has 1 N–H and O–H groups in total. The molecule has 1 aromatic carbocycles. The quantitative estimate of drug-likeness (QED) is 0.827. The Hall–Kier alpha value is -1.02. The van der Waals surface area contributed by atoms with Crippen molar-refractivity contribution in [2.75, 3.05) is 13.2 Å². The summed E-state index contributed by atoms with van der Waals surface area (Å²) >= 11 is 0. The van der Waals surface area contributed by atoms with Gasteiger partial charge in [-0.15, -0.1) is 0 Å². The van der Waals surface area contributed by atoms with Gasteiger partial charge in [-0.2, -0.15) is 0 Å². The number of benzene rings is 1. The monoisotopic (exact) mass is 247 g/mol. The van der Waals surface area contributed by atoms with Crippen molar-refractivity contribution < 1.29 is 4.74 Å². The van der Waals surface area contributed by atoms with Crippen molar-refractivity contribution in [3.8, 4) is 5.75 Å². The fraction of sp³-hybridized carbons (Fsp3) is 0.625. The highest BCUT2D eigenvalue weighted by atomic mass is 16.5. The summed E-state index contributed by atoms with van der Waals surface area (Å²) in [5.74, 6) is 1.67. The highest BCUT2D eigenvalue weighted by Gasteiger charge is 2.27. The molecule has 1 aliphatic carbocycles. The summed E-state index contributed by atoms with van der Waals surface area (Å²) in [5, 5.41) is 3.69. The van der Waals surface area contributed by atoms with Gasteiger partial charge in [0.05, 0.1) is 6.61 Å². The van der Waals surface area contributed by atoms with Crippen LogP contribution in [0.25, 0.3) is 0 Å². The van der Waals surface area contributed by atoms with Crippen LogP contribution in [0.5, 0.6) is 5.75 Å². The van der Waals surface area contributed by atoms with Crippen molar-refractivity contribution in [2.45, 2.75) is 51.5 Å². The van der Waals surface area contributed by atoms with Crippen LogP contribution in [0.15, 0.2) is 24.3 Å². The van der Waals surface area contributed by atoms with Gasteiger partial charge in [-0.3, -0.25) is 0 Å². The van der Waals surface area contributed by atoms with Crippen molar-refractivity contribution >= 4 is 0 Å². The Morgan fingerprint density at radius 2 is 2.17 bits per heavy atom. The molecule has 1 fully saturated rings. The molecule has 0 radical (unpaired) electrons. The highest BCUT2D eigenvalue weighted by Crippen LogP contribution is 2.35. The summed E-state index contributed by atoms with van der Waals surface area (Å²) in [6.07, 6.45) is 5.16. The van der Waals surface area contributed by atoms with E-state index in [-0.39, 0.29) is 0 Å². The van der Waals surface area contributed by atoms with Gasteiger partial charge >= 0.3 is 0 Å². The zero-order chi connectivity index (χ0) is 12.8. The number of hydrogen-bond donors (Lipinski definition) is 1. The molecule has 1 aromatic rings. The molecule has 18 heavy (non-hydrogen) atoms. The maximum Gasteiger partial charge on any atom is 0.119 e. The SMILES string of the molecule is CCCNC1CCCC1c1cccc(OCC)c1. The van der Waals surface area contributed by atoms with E-state index in [4.69, 9.17) is 4.74 Å². The average molecular weight is 247 g/mol. The van der Waals surface area contributed by atoms with Gasteiger partial charge in [-0.05, 0) is 56.3 Å². The van der Waals surface area contributed by atoms with Crippen LogP contribution in [0, 0.1) is 0 Å². The molecule has 0 aliphatic heterocycles. The molecule has 0 saturated heterocycles. The Bertz CT molecular complexity index is 364. The van der Waals surface area contributed by atoms with Crippen LogP contribution in [0.4, 0.5) is 0 Å². The van der Waals surface area contributed by atoms with Crippen molar-refractivity contribution in [3.63, 3.8) is 0 Å². The first-order chi connectivity index (χ1) is 8.85. The lowest BCUT2D eigenvalue weighted by molar-refractivity contribution is 0.339. The maximum absolute atomic E-state index is 5.60. The van der Waals surface area contributed by atoms with E-state index in [1.165, 1.54) is 31.2 Å². The number of ether oxygens (including phenoxy) is 1. The third-order valence-electron chi connectivity index (χ3n) is 3.77. The highest BCUT2D eigenvalue weighted by molar-refractivity contribution is 5.32. The van der Waals surface area contributed by atoms with Crippen LogP contribution < -0.4 is 10.1 Å². The fourth-order valence-corrected chi connectivity index (χ4v) is 2.93. The van der Waals surface area contributed by atoms with E-state index in [0.29, 0.717) is 12.0 Å². The first kappa shape index (κ1) is 13.4. The molecule has 0 heterocycles. The molecule has 2 nitrogen and oxygen atoms in total. The third-order valence-corrected chi connectivity index (χ3v) is 3.77. The van der Waals surface area contributed by atoms with Gasteiger partial charge in [0.1, 0.15) is 5.75 Å². The largest absolute Gasteiger partial charge is 0.494 e. The van der Waals surface area contributed by atoms with E-state index >= 15 is 0 Å². The summed E-state index contributed by atoms with van der Waals surface area (Å²) < 4.78 is 5.60. The Morgan fingerprint density at radius 1 is 1.28 bits per heavy atom. The lowest BCUT2D eigenvalue weighted by Gasteiger charge is -2.21. The smallest absolute Gasteiger partial charge is 0.119 e. The Morgan fingerprint density at radius 3 is 2.94 bits per heavy atom. The minimum absolute atomic E-state index is 0.654. The van der Waals surface area contributed by atoms with Gasteiger partial charge in [-0.1, -0.05) is 25.5 Å². The van der Waals surface area contributed by atoms with Gasteiger partial charge in [0.2, 0.25) is 0 Å². The lowest BCUT2D eigenvalue weighted by Crippen LogP contribution is -2.31. The number of hydrogen-bond acceptors (Lipinski definition) is 2. The topological polar surface area (TPSA) is 21.3 Å². The predicted octanol–water partition coefficient (Wildman–Crippen LogP) is 3.72. The van der Waals surface area contributed by atoms with Crippen molar-refractivity contribution in [3.05, 3.63) is 29.8 Å². The van der Waals surface area contributed by atoms with Crippen LogP contribution in [0.1, 0.15) is 51.0 Å². The van der Waals surface area contributed by atoms with E-state index < -0.39 is 0 Å². The molecule has 2 unspecified atom stereocenters. The van der Waals surface area contributed by atoms with Crippen LogP contribution in [0.3, 0.4) is 0 Å². The predicted molar refractivity (Wildman–Crippen MR) is 76.3 cm³/mol. The summed E-state index contributed by atoms with van der Waals surface area (Å²) in [5.41, 5.74) is 1.44. The Labute approximate surface area is 111 Å². The van der Waals surface area contributed by atoms with Crippen LogP contribution in [-0.2, 0) is 0 Å². The average Bonchev–Trinajstić information content (AvgIpc) is 2.85. The molecule has 0 aromatic heterocycles. The first-order valence-corrected chi connectivity index (χ1v) is 7.31. The van der Waals surface area contributed by atoms with E-state index in [0.717, 1.165) is 18.9 Å². The van der Waals surface area contributed by atoms with Crippen LogP contribution in [0.2, 0.25) is 0 Å². The molecule has 2 heteroatoms. The minimum Gasteiger partial charge on any atom is -0.494 e. The van der Waals surface area contributed by atoms with Crippen LogP contribution >= 0.6 is 0 Å². The summed E-state index contributed by atoms with van der Waals surface area (Å²) in [4.78, 5) is 0. The Kier molecular flexibility index (Phi) is 5.06. The first-order valence-electron chi connectivity index (χ1n) is 7.31. The Balaban J connectivity index is 2.06. The zero-order valence-electron chi connectivity index (χ0n) is 11.6. The van der Waals surface area contributed by atoms with Crippen molar-refractivity contribution in [1.82, 2.24) is 5.32 Å². The number of rotatable bonds is 6. The van der Waals surface area contributed by atoms with Gasteiger partial charge in [-0.25, -0.2) is 0 Å². The molecule has 2 atom stereocenters. The van der Waals surface area contributed by atoms with Gasteiger partial charge in [0, 0.05) is 6.04 Å². The molecule has 0 bridgehead atoms. The zero-order valence-corrected chi connectivity index (χ0v) is 11.6. The maximum atomic E-state index is 5.60. The minimum atomic E-state index is 0.654. The van der Waals surface area contributed by atoms with Gasteiger partial charge < -0.3 is 10.1 Å². The third kappa shape index (κ3) is 3.26. The second-order valence-corrected chi connectivity index (χ2v) is 5.10. The van der Waals surface area contributed by atoms with E-state index in [1.54, 1.807) is 0 Å². The van der Waals surface area contributed by atoms with E-state index in [9.17, 15) is 0 Å². The van der Waals surface area contributed by atoms with Crippen molar-refractivity contribution in [1.29, 1.82) is 0 Å². The van der Waals surface area contributed by atoms with Gasteiger partial charge in [0.25, 0.3) is 0 Å². The second-order valence-electron chi connectivity index (χ2n) is 5.10. The summed E-state index contributed by atoms with van der Waals surface area (Å²) in [6, 6.07) is 9.30.